The van der Waals surface area contributed by atoms with Crippen LogP contribution in [0.1, 0.15) is 25.0 Å². The minimum atomic E-state index is -0.0665. The van der Waals surface area contributed by atoms with Crippen molar-refractivity contribution in [3.05, 3.63) is 70.0 Å². The molecule has 1 aromatic heterocycles. The molecule has 7 heteroatoms. The second-order valence-corrected chi connectivity index (χ2v) is 10.1. The number of aromatic nitrogens is 1. The molecule has 0 aliphatic carbocycles. The Kier molecular flexibility index (Phi) is 7.46. The van der Waals surface area contributed by atoms with Gasteiger partial charge in [-0.05, 0) is 54.9 Å². The maximum absolute atomic E-state index is 12.6. The van der Waals surface area contributed by atoms with E-state index in [0.717, 1.165) is 62.6 Å². The van der Waals surface area contributed by atoms with Crippen molar-refractivity contribution in [1.82, 2.24) is 9.88 Å². The molecule has 0 amide bonds. The summed E-state index contributed by atoms with van der Waals surface area (Å²) in [6.45, 7) is 11.6. The number of nitrogens with zero attached hydrogens (tertiary/aromatic N) is 2. The summed E-state index contributed by atoms with van der Waals surface area (Å²) in [6, 6.07) is 16.9. The average molecular weight is 491 g/mol. The van der Waals surface area contributed by atoms with Crippen molar-refractivity contribution >= 4 is 23.1 Å². The van der Waals surface area contributed by atoms with Crippen LogP contribution in [0, 0.1) is 0 Å². The van der Waals surface area contributed by atoms with E-state index in [1.54, 1.807) is 17.8 Å². The predicted octanol–water partition coefficient (Wildman–Crippen LogP) is 4.69. The summed E-state index contributed by atoms with van der Waals surface area (Å²) >= 11 is 1.80. The number of rotatable bonds is 8. The van der Waals surface area contributed by atoms with E-state index in [-0.39, 0.29) is 5.56 Å². The molecule has 0 saturated carbocycles. The number of benzene rings is 2. The molecule has 1 saturated heterocycles. The number of H-pyrrole nitrogens is 1. The lowest BCUT2D eigenvalue weighted by Gasteiger charge is -2.29. The Hall–Kier alpha value is -2.74. The lowest BCUT2D eigenvalue weighted by molar-refractivity contribution is 0.122. The maximum Gasteiger partial charge on any atom is 0.250 e. The van der Waals surface area contributed by atoms with Crippen molar-refractivity contribution in [2.75, 3.05) is 62.7 Å². The Bertz CT molecular complexity index is 1230. The molecule has 0 bridgehead atoms. The fourth-order valence-electron chi connectivity index (χ4n) is 4.88. The number of ether oxygens (including phenoxy) is 1. The Labute approximate surface area is 211 Å². The third-order valence-electron chi connectivity index (χ3n) is 6.90. The minimum Gasteiger partial charge on any atom is -0.384 e. The molecule has 3 aromatic rings. The van der Waals surface area contributed by atoms with Crippen molar-refractivity contribution in [2.45, 2.75) is 30.1 Å². The zero-order valence-electron chi connectivity index (χ0n) is 20.6. The number of hydrogen-bond donors (Lipinski definition) is 2. The Balaban J connectivity index is 1.38. The first-order valence-corrected chi connectivity index (χ1v) is 13.4. The Morgan fingerprint density at radius 3 is 2.69 bits per heavy atom. The Morgan fingerprint density at radius 1 is 1.06 bits per heavy atom. The lowest BCUT2D eigenvalue weighted by Crippen LogP contribution is -2.36. The summed E-state index contributed by atoms with van der Waals surface area (Å²) < 4.78 is 5.49. The van der Waals surface area contributed by atoms with E-state index in [2.05, 4.69) is 76.4 Å². The van der Waals surface area contributed by atoms with E-state index in [4.69, 9.17) is 4.74 Å². The molecule has 0 atom stereocenters. The molecular weight excluding hydrogens is 456 g/mol. The van der Waals surface area contributed by atoms with E-state index < -0.39 is 0 Å². The molecule has 3 heterocycles. The predicted molar refractivity (Wildman–Crippen MR) is 145 cm³/mol. The molecule has 184 valence electrons. The molecule has 35 heavy (non-hydrogen) atoms. The van der Waals surface area contributed by atoms with Gasteiger partial charge in [0.15, 0.2) is 0 Å². The fraction of sp³-hybridized carbons (Fsp3) is 0.393. The first-order valence-electron chi connectivity index (χ1n) is 12.6. The van der Waals surface area contributed by atoms with Crippen molar-refractivity contribution in [2.24, 2.45) is 0 Å². The van der Waals surface area contributed by atoms with Crippen LogP contribution in [0.2, 0.25) is 0 Å². The Morgan fingerprint density at radius 2 is 1.89 bits per heavy atom. The summed E-state index contributed by atoms with van der Waals surface area (Å²) in [5.41, 5.74) is 6.70. The monoisotopic (exact) mass is 490 g/mol. The van der Waals surface area contributed by atoms with Crippen LogP contribution in [0.15, 0.2) is 63.1 Å². The summed E-state index contributed by atoms with van der Waals surface area (Å²) in [5, 5.41) is 3.59. The summed E-state index contributed by atoms with van der Waals surface area (Å²) in [7, 11) is 0. The number of morpholine rings is 1. The molecule has 2 aliphatic heterocycles. The summed E-state index contributed by atoms with van der Waals surface area (Å²) in [5.74, 6) is 0. The molecule has 2 aliphatic rings. The molecule has 6 nitrogen and oxygen atoms in total. The SMILES string of the molecule is CCN(CC)CCNc1ccc2c(c1)Cc1cccc(-c3cc(N4CCOCC4)cc(=O)[nH]3)c1S2. The van der Waals surface area contributed by atoms with Gasteiger partial charge in [0.1, 0.15) is 0 Å². The third kappa shape index (κ3) is 5.42. The van der Waals surface area contributed by atoms with E-state index in [0.29, 0.717) is 13.2 Å². The smallest absolute Gasteiger partial charge is 0.250 e. The second-order valence-electron chi connectivity index (χ2n) is 9.06. The third-order valence-corrected chi connectivity index (χ3v) is 8.20. The maximum atomic E-state index is 12.6. The quantitative estimate of drug-likeness (QED) is 0.374. The van der Waals surface area contributed by atoms with Crippen LogP contribution in [-0.2, 0) is 11.2 Å². The second kappa shape index (κ2) is 10.9. The normalized spacial score (nSPS) is 15.1. The number of pyridine rings is 1. The van der Waals surface area contributed by atoms with Crippen molar-refractivity contribution in [3.63, 3.8) is 0 Å². The number of anilines is 2. The van der Waals surface area contributed by atoms with Crippen LogP contribution in [0.4, 0.5) is 11.4 Å². The van der Waals surface area contributed by atoms with Crippen LogP contribution >= 0.6 is 11.8 Å². The topological polar surface area (TPSA) is 60.6 Å². The number of aromatic amines is 1. The number of fused-ring (bicyclic) bond motifs is 2. The van der Waals surface area contributed by atoms with Crippen LogP contribution < -0.4 is 15.8 Å². The molecule has 5 rings (SSSR count). The van der Waals surface area contributed by atoms with Gasteiger partial charge in [-0.25, -0.2) is 0 Å². The van der Waals surface area contributed by atoms with Gasteiger partial charge >= 0.3 is 0 Å². The van der Waals surface area contributed by atoms with Crippen LogP contribution in [-0.4, -0.2) is 62.4 Å². The molecule has 0 spiro atoms. The first-order chi connectivity index (χ1) is 17.1. The van der Waals surface area contributed by atoms with Gasteiger partial charge in [0.2, 0.25) is 5.56 Å². The van der Waals surface area contributed by atoms with Crippen molar-refractivity contribution in [3.8, 4) is 11.3 Å². The van der Waals surface area contributed by atoms with Crippen LogP contribution in [0.25, 0.3) is 11.3 Å². The van der Waals surface area contributed by atoms with Gasteiger partial charge in [0, 0.05) is 59.0 Å². The fourth-order valence-corrected chi connectivity index (χ4v) is 6.05. The lowest BCUT2D eigenvalue weighted by atomic mass is 9.99. The molecule has 0 unspecified atom stereocenters. The highest BCUT2D eigenvalue weighted by Gasteiger charge is 2.21. The van der Waals surface area contributed by atoms with Crippen LogP contribution in [0.3, 0.4) is 0 Å². The minimum absolute atomic E-state index is 0.0665. The molecular formula is C28H34N4O2S. The molecule has 1 fully saturated rings. The van der Waals surface area contributed by atoms with Crippen molar-refractivity contribution in [1.29, 1.82) is 0 Å². The highest BCUT2D eigenvalue weighted by atomic mass is 32.2. The van der Waals surface area contributed by atoms with Gasteiger partial charge in [-0.1, -0.05) is 43.8 Å². The molecule has 2 aromatic carbocycles. The van der Waals surface area contributed by atoms with E-state index in [9.17, 15) is 4.79 Å². The van der Waals surface area contributed by atoms with E-state index >= 15 is 0 Å². The first kappa shape index (κ1) is 24.0. The number of likely N-dealkylation sites (N-methyl/N-ethyl adjacent to an activating group) is 1. The van der Waals surface area contributed by atoms with Gasteiger partial charge in [0.25, 0.3) is 0 Å². The van der Waals surface area contributed by atoms with Gasteiger partial charge in [-0.15, -0.1) is 0 Å². The highest BCUT2D eigenvalue weighted by Crippen LogP contribution is 2.45. The van der Waals surface area contributed by atoms with Gasteiger partial charge in [0.05, 0.1) is 18.9 Å². The zero-order valence-corrected chi connectivity index (χ0v) is 21.4. The van der Waals surface area contributed by atoms with Gasteiger partial charge < -0.3 is 24.8 Å². The van der Waals surface area contributed by atoms with Crippen molar-refractivity contribution < 1.29 is 4.74 Å². The van der Waals surface area contributed by atoms with E-state index in [1.807, 2.05) is 0 Å². The van der Waals surface area contributed by atoms with Gasteiger partial charge in [-0.2, -0.15) is 0 Å². The van der Waals surface area contributed by atoms with Crippen LogP contribution in [0.5, 0.6) is 0 Å². The summed E-state index contributed by atoms with van der Waals surface area (Å²) in [6.07, 6.45) is 0.893. The van der Waals surface area contributed by atoms with E-state index in [1.165, 1.54) is 26.6 Å². The number of hydrogen-bond acceptors (Lipinski definition) is 6. The largest absolute Gasteiger partial charge is 0.384 e. The number of nitrogens with one attached hydrogen (secondary N) is 2. The summed E-state index contributed by atoms with van der Waals surface area (Å²) in [4.78, 5) is 22.8. The highest BCUT2D eigenvalue weighted by molar-refractivity contribution is 7.99. The standard InChI is InChI=1S/C28H34N4O2S/c1-3-31(4-2)11-10-29-22-8-9-26-21(17-22)16-20-6-5-7-24(28(20)35-26)25-18-23(19-27(33)30-25)32-12-14-34-15-13-32/h5-9,17-19,29H,3-4,10-16H2,1-2H3,(H,30,33). The molecule has 2 N–H and O–H groups in total. The average Bonchev–Trinajstić information content (AvgIpc) is 2.89. The molecule has 0 radical (unpaired) electrons. The van der Waals surface area contributed by atoms with Gasteiger partial charge in [-0.3, -0.25) is 4.79 Å². The zero-order chi connectivity index (χ0) is 24.2.